The van der Waals surface area contributed by atoms with E-state index in [1.165, 1.54) is 4.90 Å². The van der Waals surface area contributed by atoms with Gasteiger partial charge in [0.25, 0.3) is 0 Å². The van der Waals surface area contributed by atoms with Crippen molar-refractivity contribution in [3.05, 3.63) is 29.3 Å². The maximum absolute atomic E-state index is 10.1. The van der Waals surface area contributed by atoms with E-state index < -0.39 is 19.7 Å². The molecule has 1 aliphatic rings. The van der Waals surface area contributed by atoms with E-state index in [9.17, 15) is 5.11 Å². The molecular weight excluding hydrogens is 222 g/mol. The molecule has 1 aromatic rings. The van der Waals surface area contributed by atoms with Gasteiger partial charge in [-0.1, -0.05) is 25.9 Å². The molecule has 0 saturated carbocycles. The van der Waals surface area contributed by atoms with Crippen LogP contribution in [0.5, 0.6) is 5.75 Å². The largest absolute Gasteiger partial charge is 0.508 e. The summed E-state index contributed by atoms with van der Waals surface area (Å²) in [6, 6.07) is 4.91. The van der Waals surface area contributed by atoms with Crippen molar-refractivity contribution in [2.75, 3.05) is 13.0 Å². The third kappa shape index (κ3) is 2.86. The number of aromatic hydroxyl groups is 1. The zero-order valence-electron chi connectivity index (χ0n) is 17.7. The van der Waals surface area contributed by atoms with Gasteiger partial charge in [-0.2, -0.15) is 0 Å². The summed E-state index contributed by atoms with van der Waals surface area (Å²) in [5.41, 5.74) is 1.75. The molecule has 1 unspecified atom stereocenters. The average Bonchev–Trinajstić information content (AvgIpc) is 2.51. The van der Waals surface area contributed by atoms with Gasteiger partial charge in [0.2, 0.25) is 0 Å². The summed E-state index contributed by atoms with van der Waals surface area (Å²) < 4.78 is 54.8. The molecule has 1 N–H and O–H groups in total. The second-order valence-electron chi connectivity index (χ2n) is 4.74. The van der Waals surface area contributed by atoms with E-state index in [0.29, 0.717) is 25.7 Å². The van der Waals surface area contributed by atoms with Crippen molar-refractivity contribution in [1.29, 1.82) is 0 Å². The predicted molar refractivity (Wildman–Crippen MR) is 76.1 cm³/mol. The first-order valence-corrected chi connectivity index (χ1v) is 6.50. The summed E-state index contributed by atoms with van der Waals surface area (Å²) in [6.45, 7) is -3.63. The van der Waals surface area contributed by atoms with E-state index in [1.54, 1.807) is 12.1 Å². The topological polar surface area (TPSA) is 23.5 Å². The van der Waals surface area contributed by atoms with Crippen LogP contribution < -0.4 is 0 Å². The van der Waals surface area contributed by atoms with E-state index in [0.717, 1.165) is 11.1 Å². The molecule has 18 heavy (non-hydrogen) atoms. The van der Waals surface area contributed by atoms with Crippen molar-refractivity contribution < 1.29 is 14.7 Å². The van der Waals surface area contributed by atoms with Crippen LogP contribution in [0.25, 0.3) is 0 Å². The Morgan fingerprint density at radius 2 is 2.44 bits per heavy atom. The van der Waals surface area contributed by atoms with Crippen molar-refractivity contribution in [2.45, 2.75) is 51.9 Å². The molecule has 0 bridgehead atoms. The standard InChI is InChI=1S/C16H25NO/c1-3-10-17(11-4-2)14-9-8-13-6-5-7-16(18)15(13)12-14/h5-7,14,18H,3-4,8-12H2,1-2H3/i1D3,3D2,10D2. The molecule has 0 saturated heterocycles. The van der Waals surface area contributed by atoms with Gasteiger partial charge in [-0.3, -0.25) is 0 Å². The lowest BCUT2D eigenvalue weighted by Crippen LogP contribution is -2.40. The van der Waals surface area contributed by atoms with E-state index in [1.807, 2.05) is 13.0 Å². The normalized spacial score (nSPS) is 27.0. The number of fused-ring (bicyclic) bond motifs is 1. The highest BCUT2D eigenvalue weighted by molar-refractivity contribution is 5.41. The van der Waals surface area contributed by atoms with Gasteiger partial charge in [-0.25, -0.2) is 0 Å². The summed E-state index contributed by atoms with van der Waals surface area (Å²) >= 11 is 0. The number of benzene rings is 1. The van der Waals surface area contributed by atoms with E-state index in [-0.39, 0.29) is 18.3 Å². The molecule has 1 aromatic carbocycles. The van der Waals surface area contributed by atoms with Crippen LogP contribution in [0.1, 0.15) is 53.7 Å². The third-order valence-electron chi connectivity index (χ3n) is 3.54. The summed E-state index contributed by atoms with van der Waals surface area (Å²) in [6.07, 6.45) is -0.831. The van der Waals surface area contributed by atoms with Crippen molar-refractivity contribution >= 4 is 0 Å². The summed E-state index contributed by atoms with van der Waals surface area (Å²) in [4.78, 5) is 1.34. The first-order chi connectivity index (χ1) is 11.4. The maximum Gasteiger partial charge on any atom is 0.119 e. The highest BCUT2D eigenvalue weighted by Crippen LogP contribution is 2.30. The van der Waals surface area contributed by atoms with E-state index in [4.69, 9.17) is 9.60 Å². The summed E-state index contributed by atoms with van der Waals surface area (Å²) in [7, 11) is 0. The minimum atomic E-state index is -3.07. The molecule has 1 atom stereocenters. The molecule has 0 aliphatic heterocycles. The quantitative estimate of drug-likeness (QED) is 0.871. The molecule has 0 radical (unpaired) electrons. The Morgan fingerprint density at radius 3 is 3.22 bits per heavy atom. The first-order valence-electron chi connectivity index (χ1n) is 10.00. The predicted octanol–water partition coefficient (Wildman–Crippen LogP) is 3.37. The van der Waals surface area contributed by atoms with Crippen LogP contribution in [-0.4, -0.2) is 29.1 Å². The fraction of sp³-hybridized carbons (Fsp3) is 0.625. The van der Waals surface area contributed by atoms with E-state index in [2.05, 4.69) is 0 Å². The minimum absolute atomic E-state index is 0.151. The highest BCUT2D eigenvalue weighted by atomic mass is 16.3. The summed E-state index contributed by atoms with van der Waals surface area (Å²) in [5.74, 6) is 0.151. The van der Waals surface area contributed by atoms with Crippen molar-refractivity contribution in [3.63, 3.8) is 0 Å². The van der Waals surface area contributed by atoms with Gasteiger partial charge in [0.15, 0.2) is 0 Å². The maximum atomic E-state index is 10.1. The Bertz CT molecular complexity index is 615. The molecule has 0 heterocycles. The third-order valence-corrected chi connectivity index (χ3v) is 3.54. The number of nitrogens with zero attached hydrogens (tertiary/aromatic N) is 1. The monoisotopic (exact) mass is 254 g/mol. The lowest BCUT2D eigenvalue weighted by atomic mass is 9.86. The molecule has 0 aromatic heterocycles. The number of hydrogen-bond donors (Lipinski definition) is 1. The Kier molecular flexibility index (Phi) is 2.41. The lowest BCUT2D eigenvalue weighted by Gasteiger charge is -2.35. The summed E-state index contributed by atoms with van der Waals surface area (Å²) in [5, 5.41) is 10.1. The smallest absolute Gasteiger partial charge is 0.119 e. The van der Waals surface area contributed by atoms with Crippen molar-refractivity contribution in [2.24, 2.45) is 0 Å². The Morgan fingerprint density at radius 1 is 1.56 bits per heavy atom. The van der Waals surface area contributed by atoms with Crippen LogP contribution in [0.15, 0.2) is 18.2 Å². The second kappa shape index (κ2) is 6.24. The molecule has 0 amide bonds. The second-order valence-corrected chi connectivity index (χ2v) is 4.74. The van der Waals surface area contributed by atoms with Gasteiger partial charge in [0, 0.05) is 15.6 Å². The zero-order valence-corrected chi connectivity index (χ0v) is 10.7. The number of phenolic OH excluding ortho intramolecular Hbond substituents is 1. The Labute approximate surface area is 120 Å². The molecule has 0 spiro atoms. The number of aryl methyl sites for hydroxylation is 1. The minimum Gasteiger partial charge on any atom is -0.508 e. The average molecular weight is 254 g/mol. The van der Waals surface area contributed by atoms with Crippen LogP contribution in [0, 0.1) is 0 Å². The van der Waals surface area contributed by atoms with Crippen LogP contribution in [0.3, 0.4) is 0 Å². The van der Waals surface area contributed by atoms with Crippen LogP contribution in [0.2, 0.25) is 0 Å². The SMILES string of the molecule is [2H]C([2H])([2H])C([2H])([2H])C([2H])([2H])N(CCC)C1CCc2cccc(O)c2C1. The van der Waals surface area contributed by atoms with Gasteiger partial charge >= 0.3 is 0 Å². The van der Waals surface area contributed by atoms with Crippen molar-refractivity contribution in [1.82, 2.24) is 4.90 Å². The van der Waals surface area contributed by atoms with Gasteiger partial charge in [-0.05, 0) is 62.3 Å². The lowest BCUT2D eigenvalue weighted by molar-refractivity contribution is 0.179. The molecule has 2 heteroatoms. The number of rotatable bonds is 5. The fourth-order valence-electron chi connectivity index (χ4n) is 2.66. The zero-order chi connectivity index (χ0) is 19.0. The van der Waals surface area contributed by atoms with Crippen LogP contribution in [0.4, 0.5) is 0 Å². The van der Waals surface area contributed by atoms with E-state index >= 15 is 0 Å². The molecule has 2 rings (SSSR count). The van der Waals surface area contributed by atoms with Gasteiger partial charge in [0.1, 0.15) is 5.75 Å². The Balaban J connectivity index is 2.37. The Hall–Kier alpha value is -1.02. The van der Waals surface area contributed by atoms with Gasteiger partial charge in [-0.15, -0.1) is 0 Å². The van der Waals surface area contributed by atoms with Crippen LogP contribution in [-0.2, 0) is 12.8 Å². The molecule has 100 valence electrons. The molecule has 0 fully saturated rings. The van der Waals surface area contributed by atoms with Gasteiger partial charge in [0.05, 0.1) is 0 Å². The molecule has 1 aliphatic carbocycles. The number of hydrogen-bond acceptors (Lipinski definition) is 2. The highest BCUT2D eigenvalue weighted by Gasteiger charge is 2.24. The van der Waals surface area contributed by atoms with Gasteiger partial charge < -0.3 is 10.0 Å². The van der Waals surface area contributed by atoms with Crippen molar-refractivity contribution in [3.8, 4) is 5.75 Å². The molecule has 2 nitrogen and oxygen atoms in total. The molecular formula is C16H25NO. The number of phenols is 1. The first kappa shape index (κ1) is 6.95. The van der Waals surface area contributed by atoms with Crippen LogP contribution >= 0.6 is 0 Å². The fourth-order valence-corrected chi connectivity index (χ4v) is 2.66.